The summed E-state index contributed by atoms with van der Waals surface area (Å²) in [4.78, 5) is 4.62. The summed E-state index contributed by atoms with van der Waals surface area (Å²) >= 11 is 0. The molecule has 2 aliphatic rings. The summed E-state index contributed by atoms with van der Waals surface area (Å²) < 4.78 is 24.8. The molecule has 3 rings (SSSR count). The quantitative estimate of drug-likeness (QED) is 0.848. The topological polar surface area (TPSA) is 79.8 Å². The van der Waals surface area contributed by atoms with Gasteiger partial charge in [-0.05, 0) is 25.7 Å². The minimum Gasteiger partial charge on any atom is -0.339 e. The van der Waals surface area contributed by atoms with Crippen molar-refractivity contribution in [1.82, 2.24) is 10.1 Å². The van der Waals surface area contributed by atoms with E-state index in [1.807, 2.05) is 0 Å². The molecule has 5 nitrogen and oxygen atoms in total. The van der Waals surface area contributed by atoms with Crippen molar-refractivity contribution >= 4 is 9.73 Å². The summed E-state index contributed by atoms with van der Waals surface area (Å²) in [6.07, 6.45) is 8.98. The molecule has 2 heterocycles. The smallest absolute Gasteiger partial charge is 0.229 e. The van der Waals surface area contributed by atoms with E-state index in [4.69, 9.17) is 9.30 Å². The van der Waals surface area contributed by atoms with Crippen LogP contribution in [0, 0.1) is 4.78 Å². The third-order valence-electron chi connectivity index (χ3n) is 4.62. The molecule has 112 valence electrons. The predicted octanol–water partition coefficient (Wildman–Crippen LogP) is 3.43. The molecule has 1 N–H and O–H groups in total. The SMILES string of the molecule is N=S1(=O)CCC(c2noc(C3CCCCCC3)n2)CC1. The van der Waals surface area contributed by atoms with Gasteiger partial charge in [-0.2, -0.15) is 4.98 Å². The fraction of sp³-hybridized carbons (Fsp3) is 0.857. The molecule has 0 aromatic carbocycles. The van der Waals surface area contributed by atoms with E-state index in [9.17, 15) is 4.21 Å². The van der Waals surface area contributed by atoms with Gasteiger partial charge in [0.2, 0.25) is 5.89 Å². The van der Waals surface area contributed by atoms with E-state index in [-0.39, 0.29) is 5.92 Å². The van der Waals surface area contributed by atoms with Crippen LogP contribution in [-0.4, -0.2) is 25.9 Å². The van der Waals surface area contributed by atoms with Gasteiger partial charge in [0.15, 0.2) is 5.82 Å². The first-order valence-corrected chi connectivity index (χ1v) is 9.61. The molecule has 0 spiro atoms. The van der Waals surface area contributed by atoms with Gasteiger partial charge in [0, 0.05) is 33.1 Å². The van der Waals surface area contributed by atoms with Crippen LogP contribution in [0.5, 0.6) is 0 Å². The lowest BCUT2D eigenvalue weighted by Crippen LogP contribution is -2.21. The molecular formula is C14H23N3O2S. The van der Waals surface area contributed by atoms with Crippen LogP contribution in [0.3, 0.4) is 0 Å². The Labute approximate surface area is 120 Å². The molecule has 1 saturated heterocycles. The van der Waals surface area contributed by atoms with Gasteiger partial charge in [0.1, 0.15) is 0 Å². The van der Waals surface area contributed by atoms with Gasteiger partial charge in [-0.3, -0.25) is 4.78 Å². The molecule has 1 aromatic rings. The van der Waals surface area contributed by atoms with Crippen molar-refractivity contribution in [1.29, 1.82) is 4.78 Å². The third-order valence-corrected chi connectivity index (χ3v) is 6.41. The Morgan fingerprint density at radius 2 is 1.65 bits per heavy atom. The van der Waals surface area contributed by atoms with Crippen LogP contribution >= 0.6 is 0 Å². The standard InChI is InChI=1S/C14H23N3O2S/c15-20(18)9-7-11(8-10-20)13-16-14(19-17-13)12-5-3-1-2-4-6-12/h11-12,15H,1-10H2. The van der Waals surface area contributed by atoms with E-state index in [2.05, 4.69) is 10.1 Å². The lowest BCUT2D eigenvalue weighted by Gasteiger charge is -2.20. The van der Waals surface area contributed by atoms with Gasteiger partial charge in [-0.25, -0.2) is 4.21 Å². The first kappa shape index (κ1) is 14.0. The summed E-state index contributed by atoms with van der Waals surface area (Å²) in [6, 6.07) is 0. The van der Waals surface area contributed by atoms with Crippen LogP contribution in [0.1, 0.15) is 74.9 Å². The van der Waals surface area contributed by atoms with Crippen LogP contribution in [0.2, 0.25) is 0 Å². The monoisotopic (exact) mass is 297 g/mol. The van der Waals surface area contributed by atoms with E-state index < -0.39 is 9.73 Å². The minimum absolute atomic E-state index is 0.234. The normalized spacial score (nSPS) is 32.9. The van der Waals surface area contributed by atoms with Crippen molar-refractivity contribution in [3.05, 3.63) is 11.7 Å². The van der Waals surface area contributed by atoms with E-state index in [0.717, 1.165) is 37.4 Å². The van der Waals surface area contributed by atoms with E-state index in [1.165, 1.54) is 25.7 Å². The minimum atomic E-state index is -2.33. The number of nitrogens with zero attached hydrogens (tertiary/aromatic N) is 2. The summed E-state index contributed by atoms with van der Waals surface area (Å²) in [5.41, 5.74) is 0. The average molecular weight is 297 g/mol. The highest BCUT2D eigenvalue weighted by atomic mass is 32.2. The molecule has 0 radical (unpaired) electrons. The summed E-state index contributed by atoms with van der Waals surface area (Å²) in [6.45, 7) is 0. The number of hydrogen-bond donors (Lipinski definition) is 1. The summed E-state index contributed by atoms with van der Waals surface area (Å²) in [5, 5.41) is 4.15. The Bertz CT molecular complexity index is 531. The number of nitrogens with one attached hydrogen (secondary N) is 1. The lowest BCUT2D eigenvalue weighted by atomic mass is 10.00. The molecule has 6 heteroatoms. The first-order chi connectivity index (χ1) is 9.64. The highest BCUT2D eigenvalue weighted by Gasteiger charge is 2.28. The largest absolute Gasteiger partial charge is 0.339 e. The fourth-order valence-electron chi connectivity index (χ4n) is 3.28. The summed E-state index contributed by atoms with van der Waals surface area (Å²) in [7, 11) is -2.33. The van der Waals surface area contributed by atoms with Crippen molar-refractivity contribution in [2.75, 3.05) is 11.5 Å². The molecule has 0 unspecified atom stereocenters. The Balaban J connectivity index is 1.67. The van der Waals surface area contributed by atoms with Gasteiger partial charge in [-0.15, -0.1) is 0 Å². The molecule has 1 saturated carbocycles. The second-order valence-corrected chi connectivity index (χ2v) is 8.61. The van der Waals surface area contributed by atoms with Crippen LogP contribution in [0.25, 0.3) is 0 Å². The molecule has 2 fully saturated rings. The molecule has 0 bridgehead atoms. The predicted molar refractivity (Wildman–Crippen MR) is 77.3 cm³/mol. The van der Waals surface area contributed by atoms with Crippen LogP contribution in [0.4, 0.5) is 0 Å². The zero-order chi connectivity index (χ0) is 14.0. The summed E-state index contributed by atoms with van der Waals surface area (Å²) in [5.74, 6) is 3.20. The highest BCUT2D eigenvalue weighted by molar-refractivity contribution is 7.92. The van der Waals surface area contributed by atoms with Crippen molar-refractivity contribution in [3.63, 3.8) is 0 Å². The maximum atomic E-state index is 11.7. The maximum Gasteiger partial charge on any atom is 0.229 e. The van der Waals surface area contributed by atoms with Crippen LogP contribution in [0.15, 0.2) is 4.52 Å². The van der Waals surface area contributed by atoms with E-state index in [0.29, 0.717) is 17.4 Å². The molecule has 1 aliphatic carbocycles. The highest BCUT2D eigenvalue weighted by Crippen LogP contribution is 2.33. The van der Waals surface area contributed by atoms with Gasteiger partial charge >= 0.3 is 0 Å². The Morgan fingerprint density at radius 3 is 2.30 bits per heavy atom. The van der Waals surface area contributed by atoms with Crippen molar-refractivity contribution in [3.8, 4) is 0 Å². The Hall–Kier alpha value is -0.910. The first-order valence-electron chi connectivity index (χ1n) is 7.72. The van der Waals surface area contributed by atoms with E-state index >= 15 is 0 Å². The molecule has 0 amide bonds. The molecule has 0 atom stereocenters. The zero-order valence-corrected chi connectivity index (χ0v) is 12.7. The molecule has 1 aromatic heterocycles. The maximum absolute atomic E-state index is 11.7. The zero-order valence-electron chi connectivity index (χ0n) is 11.8. The van der Waals surface area contributed by atoms with Gasteiger partial charge in [0.05, 0.1) is 0 Å². The Kier molecular flexibility index (Phi) is 4.10. The Morgan fingerprint density at radius 1 is 1.00 bits per heavy atom. The number of aromatic nitrogens is 2. The molecule has 1 aliphatic heterocycles. The van der Waals surface area contributed by atoms with E-state index in [1.54, 1.807) is 0 Å². The molecular weight excluding hydrogens is 274 g/mol. The number of hydrogen-bond acceptors (Lipinski definition) is 5. The second kappa shape index (κ2) is 5.84. The van der Waals surface area contributed by atoms with Gasteiger partial charge in [0.25, 0.3) is 0 Å². The van der Waals surface area contributed by atoms with Crippen molar-refractivity contribution in [2.45, 2.75) is 63.2 Å². The van der Waals surface area contributed by atoms with Crippen molar-refractivity contribution < 1.29 is 8.73 Å². The van der Waals surface area contributed by atoms with Crippen molar-refractivity contribution in [2.24, 2.45) is 0 Å². The average Bonchev–Trinajstić information content (AvgIpc) is 2.75. The van der Waals surface area contributed by atoms with Gasteiger partial charge in [-0.1, -0.05) is 30.8 Å². The van der Waals surface area contributed by atoms with Gasteiger partial charge < -0.3 is 4.52 Å². The second-order valence-electron chi connectivity index (χ2n) is 6.17. The van der Waals surface area contributed by atoms with Crippen LogP contribution in [-0.2, 0) is 9.73 Å². The number of rotatable bonds is 2. The lowest BCUT2D eigenvalue weighted by molar-refractivity contribution is 0.334. The third kappa shape index (κ3) is 3.22. The fourth-order valence-corrected chi connectivity index (χ4v) is 4.81. The van der Waals surface area contributed by atoms with Crippen LogP contribution < -0.4 is 0 Å². The molecule has 20 heavy (non-hydrogen) atoms.